The maximum atomic E-state index is 12.6. The van der Waals surface area contributed by atoms with Crippen molar-refractivity contribution in [3.8, 4) is 0 Å². The summed E-state index contributed by atoms with van der Waals surface area (Å²) in [7, 11) is 0. The van der Waals surface area contributed by atoms with Gasteiger partial charge in [-0.15, -0.1) is 11.3 Å². The Balaban J connectivity index is 1.58. The van der Waals surface area contributed by atoms with Crippen molar-refractivity contribution in [2.24, 2.45) is 5.92 Å². The van der Waals surface area contributed by atoms with Crippen LogP contribution in [-0.2, 0) is 12.8 Å². The fraction of sp³-hybridized carbons (Fsp3) is 0.643. The van der Waals surface area contributed by atoms with Crippen LogP contribution in [0.3, 0.4) is 0 Å². The van der Waals surface area contributed by atoms with Crippen molar-refractivity contribution < 1.29 is 4.79 Å². The van der Waals surface area contributed by atoms with E-state index in [1.807, 2.05) is 0 Å². The van der Waals surface area contributed by atoms with E-state index in [1.165, 1.54) is 36.1 Å². The van der Waals surface area contributed by atoms with E-state index in [9.17, 15) is 4.79 Å². The molecule has 1 aromatic rings. The van der Waals surface area contributed by atoms with Crippen LogP contribution in [0, 0.1) is 5.92 Å². The second-order valence-electron chi connectivity index (χ2n) is 5.69. The van der Waals surface area contributed by atoms with Gasteiger partial charge in [0.15, 0.2) is 0 Å². The summed E-state index contributed by atoms with van der Waals surface area (Å²) >= 11 is 1.74. The number of carbonyl (C=O) groups is 1. The lowest BCUT2D eigenvalue weighted by atomic mass is 10.1. The summed E-state index contributed by atoms with van der Waals surface area (Å²) in [6.45, 7) is 3.04. The van der Waals surface area contributed by atoms with Gasteiger partial charge in [0.05, 0.1) is 4.88 Å². The molecule has 2 atom stereocenters. The molecule has 2 saturated heterocycles. The van der Waals surface area contributed by atoms with Gasteiger partial charge in [0.1, 0.15) is 0 Å². The van der Waals surface area contributed by atoms with Crippen molar-refractivity contribution in [3.63, 3.8) is 0 Å². The van der Waals surface area contributed by atoms with E-state index in [1.54, 1.807) is 11.3 Å². The molecule has 2 fully saturated rings. The van der Waals surface area contributed by atoms with Gasteiger partial charge < -0.3 is 10.2 Å². The highest BCUT2D eigenvalue weighted by Gasteiger charge is 2.40. The summed E-state index contributed by atoms with van der Waals surface area (Å²) in [6.07, 6.45) is 4.80. The predicted octanol–water partition coefficient (Wildman–Crippen LogP) is 1.67. The van der Waals surface area contributed by atoms with Crippen LogP contribution < -0.4 is 5.32 Å². The van der Waals surface area contributed by atoms with E-state index >= 15 is 0 Å². The van der Waals surface area contributed by atoms with E-state index < -0.39 is 0 Å². The summed E-state index contributed by atoms with van der Waals surface area (Å²) in [4.78, 5) is 17.2. The maximum absolute atomic E-state index is 12.6. The van der Waals surface area contributed by atoms with Crippen molar-refractivity contribution in [2.75, 3.05) is 19.6 Å². The number of rotatable bonds is 1. The first-order valence-electron chi connectivity index (χ1n) is 6.96. The molecule has 0 unspecified atom stereocenters. The molecular weight excluding hydrogens is 244 g/mol. The molecule has 0 aromatic carbocycles. The molecule has 4 rings (SSSR count). The number of hydrogen-bond acceptors (Lipinski definition) is 3. The van der Waals surface area contributed by atoms with Gasteiger partial charge in [-0.05, 0) is 43.2 Å². The molecule has 0 bridgehead atoms. The van der Waals surface area contributed by atoms with Gasteiger partial charge in [0, 0.05) is 30.6 Å². The summed E-state index contributed by atoms with van der Waals surface area (Å²) in [5.41, 5.74) is 1.43. The molecule has 1 aliphatic carbocycles. The standard InChI is InChI=1S/C14H18N2OS/c17-14(13-6-9-2-1-3-12(9)18-13)16-5-4-10-7-15-8-11(10)16/h6,10-11,15H,1-5,7-8H2/t10-,11+/m1/s1. The lowest BCUT2D eigenvalue weighted by Crippen LogP contribution is -2.38. The molecule has 0 saturated carbocycles. The molecule has 2 aliphatic heterocycles. The summed E-state index contributed by atoms with van der Waals surface area (Å²) in [5.74, 6) is 0.978. The van der Waals surface area contributed by atoms with Crippen LogP contribution >= 0.6 is 11.3 Å². The normalized spacial score (nSPS) is 29.7. The molecule has 1 N–H and O–H groups in total. The Morgan fingerprint density at radius 1 is 1.39 bits per heavy atom. The Kier molecular flexibility index (Phi) is 2.49. The van der Waals surface area contributed by atoms with Crippen molar-refractivity contribution in [3.05, 3.63) is 21.4 Å². The molecule has 0 spiro atoms. The minimum absolute atomic E-state index is 0.283. The fourth-order valence-corrected chi connectivity index (χ4v) is 4.89. The third-order valence-corrected chi connectivity index (χ3v) is 5.89. The molecular formula is C14H18N2OS. The van der Waals surface area contributed by atoms with E-state index in [0.717, 1.165) is 24.5 Å². The predicted molar refractivity (Wildman–Crippen MR) is 72.1 cm³/mol. The third kappa shape index (κ3) is 1.55. The van der Waals surface area contributed by atoms with E-state index in [2.05, 4.69) is 16.3 Å². The highest BCUT2D eigenvalue weighted by Crippen LogP contribution is 2.34. The molecule has 1 amide bonds. The number of likely N-dealkylation sites (tertiary alicyclic amines) is 1. The second kappa shape index (κ2) is 4.07. The van der Waals surface area contributed by atoms with Crippen molar-refractivity contribution in [1.29, 1.82) is 0 Å². The van der Waals surface area contributed by atoms with Crippen LogP contribution in [0.4, 0.5) is 0 Å². The average Bonchev–Trinajstić information content (AvgIpc) is 3.07. The maximum Gasteiger partial charge on any atom is 0.264 e. The Morgan fingerprint density at radius 3 is 3.22 bits per heavy atom. The van der Waals surface area contributed by atoms with Gasteiger partial charge in [-0.1, -0.05) is 0 Å². The number of amides is 1. The molecule has 1 aromatic heterocycles. The molecule has 18 heavy (non-hydrogen) atoms. The molecule has 0 radical (unpaired) electrons. The van der Waals surface area contributed by atoms with E-state index in [0.29, 0.717) is 12.0 Å². The van der Waals surface area contributed by atoms with Gasteiger partial charge in [-0.3, -0.25) is 4.79 Å². The smallest absolute Gasteiger partial charge is 0.264 e. The zero-order valence-corrected chi connectivity index (χ0v) is 11.3. The van der Waals surface area contributed by atoms with Crippen LogP contribution in [0.1, 0.15) is 33.0 Å². The minimum atomic E-state index is 0.283. The minimum Gasteiger partial charge on any atom is -0.333 e. The van der Waals surface area contributed by atoms with Crippen molar-refractivity contribution in [2.45, 2.75) is 31.7 Å². The second-order valence-corrected chi connectivity index (χ2v) is 6.82. The monoisotopic (exact) mass is 262 g/mol. The third-order valence-electron chi connectivity index (χ3n) is 4.66. The van der Waals surface area contributed by atoms with E-state index in [4.69, 9.17) is 0 Å². The van der Waals surface area contributed by atoms with Crippen LogP contribution in [0.5, 0.6) is 0 Å². The van der Waals surface area contributed by atoms with Gasteiger partial charge in [0.25, 0.3) is 5.91 Å². The molecule has 96 valence electrons. The first-order valence-corrected chi connectivity index (χ1v) is 7.78. The molecule has 3 aliphatic rings. The van der Waals surface area contributed by atoms with Crippen LogP contribution in [0.2, 0.25) is 0 Å². The van der Waals surface area contributed by atoms with E-state index in [-0.39, 0.29) is 5.91 Å². The van der Waals surface area contributed by atoms with Gasteiger partial charge in [-0.2, -0.15) is 0 Å². The number of fused-ring (bicyclic) bond motifs is 2. The average molecular weight is 262 g/mol. The number of thiophene rings is 1. The van der Waals surface area contributed by atoms with Gasteiger partial charge >= 0.3 is 0 Å². The van der Waals surface area contributed by atoms with Crippen LogP contribution in [-0.4, -0.2) is 36.5 Å². The Bertz CT molecular complexity index is 474. The highest BCUT2D eigenvalue weighted by molar-refractivity contribution is 7.14. The van der Waals surface area contributed by atoms with Crippen molar-refractivity contribution in [1.82, 2.24) is 10.2 Å². The van der Waals surface area contributed by atoms with Crippen LogP contribution in [0.25, 0.3) is 0 Å². The number of nitrogens with zero attached hydrogens (tertiary/aromatic N) is 1. The SMILES string of the molecule is O=C(c1cc2c(s1)CCC2)N1CC[C@@H]2CNC[C@@H]21. The first kappa shape index (κ1) is 11.0. The topological polar surface area (TPSA) is 32.3 Å². The zero-order valence-electron chi connectivity index (χ0n) is 10.4. The Labute approximate surface area is 111 Å². The Morgan fingerprint density at radius 2 is 2.33 bits per heavy atom. The van der Waals surface area contributed by atoms with Gasteiger partial charge in [0.2, 0.25) is 0 Å². The summed E-state index contributed by atoms with van der Waals surface area (Å²) < 4.78 is 0. The van der Waals surface area contributed by atoms with Crippen molar-refractivity contribution >= 4 is 17.2 Å². The number of carbonyl (C=O) groups excluding carboxylic acids is 1. The Hall–Kier alpha value is -0.870. The molecule has 4 heteroatoms. The largest absolute Gasteiger partial charge is 0.333 e. The number of aryl methyl sites for hydroxylation is 2. The molecule has 3 nitrogen and oxygen atoms in total. The number of nitrogens with one attached hydrogen (secondary N) is 1. The lowest BCUT2D eigenvalue weighted by Gasteiger charge is -2.22. The zero-order chi connectivity index (χ0) is 12.1. The number of hydrogen-bond donors (Lipinski definition) is 1. The summed E-state index contributed by atoms with van der Waals surface area (Å²) in [6, 6.07) is 2.61. The molecule has 3 heterocycles. The quantitative estimate of drug-likeness (QED) is 0.835. The highest BCUT2D eigenvalue weighted by atomic mass is 32.1. The fourth-order valence-electron chi connectivity index (χ4n) is 3.68. The summed E-state index contributed by atoms with van der Waals surface area (Å²) in [5, 5.41) is 3.41. The van der Waals surface area contributed by atoms with Gasteiger partial charge in [-0.25, -0.2) is 0 Å². The lowest BCUT2D eigenvalue weighted by molar-refractivity contribution is 0.0742. The van der Waals surface area contributed by atoms with Crippen LogP contribution in [0.15, 0.2) is 6.07 Å². The first-order chi connectivity index (χ1) is 8.83.